The second kappa shape index (κ2) is 5.23. The second-order valence-electron chi connectivity index (χ2n) is 5.99. The first-order chi connectivity index (χ1) is 12.2. The molecule has 0 saturated carbocycles. The Morgan fingerprint density at radius 3 is 2.24 bits per heavy atom. The summed E-state index contributed by atoms with van der Waals surface area (Å²) in [6, 6.07) is 21.0. The van der Waals surface area contributed by atoms with E-state index in [0.717, 1.165) is 38.0 Å². The number of fused-ring (bicyclic) bond motifs is 6. The van der Waals surface area contributed by atoms with E-state index < -0.39 is 0 Å². The van der Waals surface area contributed by atoms with Gasteiger partial charge in [-0.15, -0.1) is 0 Å². The topological polar surface area (TPSA) is 46.3 Å². The van der Waals surface area contributed by atoms with Crippen LogP contribution in [-0.2, 0) is 0 Å². The number of phenolic OH excluding ortho intramolecular Hbond substituents is 1. The minimum Gasteiger partial charge on any atom is -0.508 e. The van der Waals surface area contributed by atoms with Crippen molar-refractivity contribution < 1.29 is 9.63 Å². The molecule has 4 heteroatoms. The van der Waals surface area contributed by atoms with Gasteiger partial charge in [-0.3, -0.25) is 0 Å². The van der Waals surface area contributed by atoms with Gasteiger partial charge in [0.05, 0.1) is 10.4 Å². The maximum atomic E-state index is 9.55. The van der Waals surface area contributed by atoms with Gasteiger partial charge in [-0.1, -0.05) is 53.2 Å². The maximum absolute atomic E-state index is 9.55. The van der Waals surface area contributed by atoms with E-state index in [-0.39, 0.29) is 5.75 Å². The monoisotopic (exact) mass is 345 g/mol. The molecule has 120 valence electrons. The molecular formula is C21H12ClNO2. The number of nitrogens with zero attached hydrogens (tertiary/aromatic N) is 1. The predicted molar refractivity (Wildman–Crippen MR) is 101 cm³/mol. The zero-order valence-electron chi connectivity index (χ0n) is 13.0. The number of hydrogen-bond acceptors (Lipinski definition) is 3. The summed E-state index contributed by atoms with van der Waals surface area (Å²) in [5.41, 5.74) is 1.61. The molecule has 0 saturated heterocycles. The number of aromatic nitrogens is 1. The van der Waals surface area contributed by atoms with Crippen molar-refractivity contribution in [1.82, 2.24) is 5.16 Å². The Hall–Kier alpha value is -3.04. The molecule has 3 nitrogen and oxygen atoms in total. The number of halogens is 1. The van der Waals surface area contributed by atoms with Crippen LogP contribution in [0.3, 0.4) is 0 Å². The molecule has 5 aromatic rings. The SMILES string of the molecule is Oc1ccc(-c2onc3c4c(Cl)cccc4c4ccccc4c23)cc1. The van der Waals surface area contributed by atoms with Crippen molar-refractivity contribution in [2.24, 2.45) is 0 Å². The smallest absolute Gasteiger partial charge is 0.175 e. The van der Waals surface area contributed by atoms with Crippen molar-refractivity contribution >= 4 is 44.0 Å². The van der Waals surface area contributed by atoms with Gasteiger partial charge in [-0.2, -0.15) is 0 Å². The molecule has 0 atom stereocenters. The maximum Gasteiger partial charge on any atom is 0.175 e. The Bertz CT molecular complexity index is 1260. The van der Waals surface area contributed by atoms with Crippen LogP contribution in [0.4, 0.5) is 0 Å². The van der Waals surface area contributed by atoms with Gasteiger partial charge in [0.1, 0.15) is 11.3 Å². The standard InChI is InChI=1S/C21H12ClNO2/c22-17-7-3-6-15-14-4-1-2-5-16(14)19-20(18(15)17)23-25-21(19)12-8-10-13(24)11-9-12/h1-11,24H. The molecule has 25 heavy (non-hydrogen) atoms. The van der Waals surface area contributed by atoms with Crippen molar-refractivity contribution in [2.45, 2.75) is 0 Å². The highest BCUT2D eigenvalue weighted by atomic mass is 35.5. The summed E-state index contributed by atoms with van der Waals surface area (Å²) in [6.45, 7) is 0. The van der Waals surface area contributed by atoms with Crippen LogP contribution in [0.15, 0.2) is 71.3 Å². The number of hydrogen-bond donors (Lipinski definition) is 1. The summed E-state index contributed by atoms with van der Waals surface area (Å²) < 4.78 is 5.72. The zero-order valence-corrected chi connectivity index (χ0v) is 13.8. The Balaban J connectivity index is 2.02. The molecule has 1 N–H and O–H groups in total. The number of phenols is 1. The van der Waals surface area contributed by atoms with E-state index >= 15 is 0 Å². The van der Waals surface area contributed by atoms with E-state index in [1.165, 1.54) is 0 Å². The third kappa shape index (κ3) is 2.03. The molecule has 0 radical (unpaired) electrons. The fourth-order valence-corrected chi connectivity index (χ4v) is 3.71. The van der Waals surface area contributed by atoms with E-state index in [9.17, 15) is 5.11 Å². The lowest BCUT2D eigenvalue weighted by atomic mass is 9.95. The third-order valence-corrected chi connectivity index (χ3v) is 4.87. The van der Waals surface area contributed by atoms with Crippen LogP contribution in [0, 0.1) is 0 Å². The molecule has 5 rings (SSSR count). The lowest BCUT2D eigenvalue weighted by Gasteiger charge is -2.08. The fraction of sp³-hybridized carbons (Fsp3) is 0. The average molecular weight is 346 g/mol. The number of rotatable bonds is 1. The Morgan fingerprint density at radius 1 is 0.760 bits per heavy atom. The summed E-state index contributed by atoms with van der Waals surface area (Å²) in [4.78, 5) is 0. The van der Waals surface area contributed by atoms with Crippen LogP contribution in [-0.4, -0.2) is 10.3 Å². The van der Waals surface area contributed by atoms with Gasteiger partial charge in [0, 0.05) is 10.9 Å². The fourth-order valence-electron chi connectivity index (χ4n) is 3.45. The Kier molecular flexibility index (Phi) is 2.99. The Morgan fingerprint density at radius 2 is 1.44 bits per heavy atom. The molecule has 0 fully saturated rings. The van der Waals surface area contributed by atoms with Gasteiger partial charge >= 0.3 is 0 Å². The van der Waals surface area contributed by atoms with Crippen LogP contribution < -0.4 is 0 Å². The minimum absolute atomic E-state index is 0.214. The van der Waals surface area contributed by atoms with Crippen molar-refractivity contribution in [2.75, 3.05) is 0 Å². The van der Waals surface area contributed by atoms with Gasteiger partial charge < -0.3 is 9.63 Å². The normalized spacial score (nSPS) is 11.6. The number of benzene rings is 4. The quantitative estimate of drug-likeness (QED) is 0.370. The van der Waals surface area contributed by atoms with Gasteiger partial charge in [0.2, 0.25) is 0 Å². The molecule has 0 spiro atoms. The number of aromatic hydroxyl groups is 1. The van der Waals surface area contributed by atoms with Gasteiger partial charge in [-0.05, 0) is 46.5 Å². The van der Waals surface area contributed by atoms with Crippen molar-refractivity contribution in [3.8, 4) is 17.1 Å². The summed E-state index contributed by atoms with van der Waals surface area (Å²) >= 11 is 6.50. The highest BCUT2D eigenvalue weighted by Crippen LogP contribution is 2.42. The highest BCUT2D eigenvalue weighted by molar-refractivity contribution is 6.40. The van der Waals surface area contributed by atoms with Gasteiger partial charge in [0.25, 0.3) is 0 Å². The minimum atomic E-state index is 0.214. The summed E-state index contributed by atoms with van der Waals surface area (Å²) in [5.74, 6) is 0.888. The average Bonchev–Trinajstić information content (AvgIpc) is 3.08. The molecule has 1 heterocycles. The first-order valence-electron chi connectivity index (χ1n) is 7.92. The van der Waals surface area contributed by atoms with Crippen LogP contribution in [0.2, 0.25) is 5.02 Å². The van der Waals surface area contributed by atoms with E-state index in [2.05, 4.69) is 23.4 Å². The molecule has 1 aromatic heterocycles. The predicted octanol–water partition coefficient (Wildman–Crippen LogP) is 6.16. The molecule has 0 aliphatic carbocycles. The molecule has 0 aliphatic heterocycles. The van der Waals surface area contributed by atoms with Crippen LogP contribution >= 0.6 is 11.6 Å². The molecular weight excluding hydrogens is 334 g/mol. The van der Waals surface area contributed by atoms with E-state index in [4.69, 9.17) is 16.1 Å². The van der Waals surface area contributed by atoms with Crippen molar-refractivity contribution in [1.29, 1.82) is 0 Å². The van der Waals surface area contributed by atoms with Crippen LogP contribution in [0.25, 0.3) is 43.8 Å². The summed E-state index contributed by atoms with van der Waals surface area (Å²) in [7, 11) is 0. The Labute approximate surface area is 148 Å². The van der Waals surface area contributed by atoms with E-state index in [1.54, 1.807) is 12.1 Å². The zero-order chi connectivity index (χ0) is 17.0. The lowest BCUT2D eigenvalue weighted by Crippen LogP contribution is -1.83. The summed E-state index contributed by atoms with van der Waals surface area (Å²) in [5, 5.41) is 19.6. The second-order valence-corrected chi connectivity index (χ2v) is 6.40. The van der Waals surface area contributed by atoms with Crippen molar-refractivity contribution in [3.05, 3.63) is 71.8 Å². The molecule has 0 amide bonds. The van der Waals surface area contributed by atoms with Gasteiger partial charge in [0.15, 0.2) is 5.76 Å². The van der Waals surface area contributed by atoms with Crippen LogP contribution in [0.5, 0.6) is 5.75 Å². The first kappa shape index (κ1) is 14.3. The first-order valence-corrected chi connectivity index (χ1v) is 8.29. The lowest BCUT2D eigenvalue weighted by molar-refractivity contribution is 0.441. The van der Waals surface area contributed by atoms with E-state index in [1.807, 2.05) is 36.4 Å². The molecule has 0 unspecified atom stereocenters. The van der Waals surface area contributed by atoms with E-state index in [0.29, 0.717) is 10.8 Å². The molecule has 0 bridgehead atoms. The molecule has 4 aromatic carbocycles. The molecule has 0 aliphatic rings. The highest BCUT2D eigenvalue weighted by Gasteiger charge is 2.19. The summed E-state index contributed by atoms with van der Waals surface area (Å²) in [6.07, 6.45) is 0. The third-order valence-electron chi connectivity index (χ3n) is 4.56. The van der Waals surface area contributed by atoms with Crippen LogP contribution in [0.1, 0.15) is 0 Å². The van der Waals surface area contributed by atoms with Crippen molar-refractivity contribution in [3.63, 3.8) is 0 Å². The van der Waals surface area contributed by atoms with Gasteiger partial charge in [-0.25, -0.2) is 0 Å². The largest absolute Gasteiger partial charge is 0.508 e.